The summed E-state index contributed by atoms with van der Waals surface area (Å²) in [7, 11) is 0. The summed E-state index contributed by atoms with van der Waals surface area (Å²) in [5.74, 6) is 0.865. The molecule has 2 aromatic rings. The molecule has 0 aliphatic heterocycles. The van der Waals surface area contributed by atoms with Crippen LogP contribution in [0.2, 0.25) is 0 Å². The number of hydrogen-bond acceptors (Lipinski definition) is 2. The molecule has 1 aliphatic carbocycles. The van der Waals surface area contributed by atoms with Crippen molar-refractivity contribution in [3.63, 3.8) is 0 Å². The second kappa shape index (κ2) is 5.14. The molecular weight excluding hydrogens is 234 g/mol. The van der Waals surface area contributed by atoms with Gasteiger partial charge in [-0.3, -0.25) is 4.98 Å². The second-order valence-electron chi connectivity index (χ2n) is 5.29. The van der Waals surface area contributed by atoms with Crippen LogP contribution in [0.15, 0.2) is 48.8 Å². The maximum Gasteiger partial charge on any atom is 0.0828 e. The SMILES string of the molecule is CCc1cnccc1C(O)C1CC1c1ccccc1. The van der Waals surface area contributed by atoms with Crippen molar-refractivity contribution in [1.29, 1.82) is 0 Å². The third kappa shape index (κ3) is 2.41. The number of nitrogens with zero attached hydrogens (tertiary/aromatic N) is 1. The van der Waals surface area contributed by atoms with Crippen molar-refractivity contribution in [1.82, 2.24) is 4.98 Å². The van der Waals surface area contributed by atoms with Gasteiger partial charge in [0.2, 0.25) is 0 Å². The van der Waals surface area contributed by atoms with E-state index in [0.717, 1.165) is 24.0 Å². The first-order valence-corrected chi connectivity index (χ1v) is 6.97. The minimum atomic E-state index is -0.358. The summed E-state index contributed by atoms with van der Waals surface area (Å²) in [4.78, 5) is 4.14. The van der Waals surface area contributed by atoms with Crippen LogP contribution in [0, 0.1) is 5.92 Å². The molecule has 0 saturated heterocycles. The van der Waals surface area contributed by atoms with Gasteiger partial charge in [0.15, 0.2) is 0 Å². The molecule has 19 heavy (non-hydrogen) atoms. The quantitative estimate of drug-likeness (QED) is 0.905. The Morgan fingerprint density at radius 3 is 2.79 bits per heavy atom. The Morgan fingerprint density at radius 2 is 2.05 bits per heavy atom. The molecular formula is C17H19NO. The average molecular weight is 253 g/mol. The number of aryl methyl sites for hydroxylation is 1. The lowest BCUT2D eigenvalue weighted by atomic mass is 9.97. The Bertz CT molecular complexity index is 552. The van der Waals surface area contributed by atoms with Crippen molar-refractivity contribution < 1.29 is 5.11 Å². The number of aliphatic hydroxyl groups excluding tert-OH is 1. The van der Waals surface area contributed by atoms with Gasteiger partial charge >= 0.3 is 0 Å². The zero-order valence-electron chi connectivity index (χ0n) is 11.2. The number of pyridine rings is 1. The van der Waals surface area contributed by atoms with Crippen molar-refractivity contribution in [3.8, 4) is 0 Å². The van der Waals surface area contributed by atoms with Crippen LogP contribution in [-0.4, -0.2) is 10.1 Å². The molecule has 1 heterocycles. The van der Waals surface area contributed by atoms with Gasteiger partial charge in [0.05, 0.1) is 6.10 Å². The highest BCUT2D eigenvalue weighted by Crippen LogP contribution is 2.54. The maximum atomic E-state index is 10.6. The summed E-state index contributed by atoms with van der Waals surface area (Å²) >= 11 is 0. The first kappa shape index (κ1) is 12.4. The van der Waals surface area contributed by atoms with Gasteiger partial charge in [0, 0.05) is 12.4 Å². The molecule has 3 atom stereocenters. The van der Waals surface area contributed by atoms with E-state index < -0.39 is 0 Å². The third-order valence-electron chi connectivity index (χ3n) is 4.11. The van der Waals surface area contributed by atoms with Crippen LogP contribution in [0.4, 0.5) is 0 Å². The molecule has 2 nitrogen and oxygen atoms in total. The van der Waals surface area contributed by atoms with E-state index >= 15 is 0 Å². The summed E-state index contributed by atoms with van der Waals surface area (Å²) in [6.45, 7) is 2.11. The van der Waals surface area contributed by atoms with Crippen LogP contribution in [0.3, 0.4) is 0 Å². The lowest BCUT2D eigenvalue weighted by Crippen LogP contribution is -2.05. The molecule has 98 valence electrons. The Labute approximate surface area is 114 Å². The molecule has 1 aromatic heterocycles. The van der Waals surface area contributed by atoms with Crippen molar-refractivity contribution in [3.05, 3.63) is 65.5 Å². The van der Waals surface area contributed by atoms with Gasteiger partial charge in [-0.15, -0.1) is 0 Å². The van der Waals surface area contributed by atoms with Crippen molar-refractivity contribution in [2.24, 2.45) is 5.92 Å². The number of rotatable bonds is 4. The van der Waals surface area contributed by atoms with Crippen LogP contribution >= 0.6 is 0 Å². The first-order chi connectivity index (χ1) is 9.31. The second-order valence-corrected chi connectivity index (χ2v) is 5.29. The van der Waals surface area contributed by atoms with Crippen LogP contribution in [0.25, 0.3) is 0 Å². The van der Waals surface area contributed by atoms with Crippen LogP contribution in [-0.2, 0) is 6.42 Å². The van der Waals surface area contributed by atoms with Gasteiger partial charge in [0.25, 0.3) is 0 Å². The van der Waals surface area contributed by atoms with E-state index in [1.54, 1.807) is 6.20 Å². The fourth-order valence-corrected chi connectivity index (χ4v) is 2.90. The van der Waals surface area contributed by atoms with Gasteiger partial charge in [-0.2, -0.15) is 0 Å². The van der Waals surface area contributed by atoms with E-state index in [4.69, 9.17) is 0 Å². The predicted octanol–water partition coefficient (Wildman–Crippen LogP) is 3.48. The van der Waals surface area contributed by atoms with Crippen molar-refractivity contribution >= 4 is 0 Å². The van der Waals surface area contributed by atoms with Crippen LogP contribution < -0.4 is 0 Å². The largest absolute Gasteiger partial charge is 0.388 e. The molecule has 0 bridgehead atoms. The molecule has 2 heteroatoms. The van der Waals surface area contributed by atoms with E-state index in [0.29, 0.717) is 11.8 Å². The lowest BCUT2D eigenvalue weighted by molar-refractivity contribution is 0.150. The molecule has 1 aromatic carbocycles. The van der Waals surface area contributed by atoms with Crippen molar-refractivity contribution in [2.75, 3.05) is 0 Å². The lowest BCUT2D eigenvalue weighted by Gasteiger charge is -2.14. The van der Waals surface area contributed by atoms with E-state index in [1.807, 2.05) is 18.3 Å². The molecule has 0 spiro atoms. The molecule has 1 saturated carbocycles. The normalized spacial score (nSPS) is 23.1. The maximum absolute atomic E-state index is 10.6. The minimum absolute atomic E-state index is 0.357. The molecule has 1 N–H and O–H groups in total. The Balaban J connectivity index is 1.78. The van der Waals surface area contributed by atoms with Gasteiger partial charge in [0.1, 0.15) is 0 Å². The highest BCUT2D eigenvalue weighted by atomic mass is 16.3. The Morgan fingerprint density at radius 1 is 1.26 bits per heavy atom. The number of hydrogen-bond donors (Lipinski definition) is 1. The standard InChI is InChI=1S/C17H19NO/c1-2-12-11-18-9-8-14(12)17(19)16-10-15(16)13-6-4-3-5-7-13/h3-9,11,15-17,19H,2,10H2,1H3. The third-order valence-corrected chi connectivity index (χ3v) is 4.11. The zero-order valence-corrected chi connectivity index (χ0v) is 11.2. The zero-order chi connectivity index (χ0) is 13.2. The molecule has 1 aliphatic rings. The van der Waals surface area contributed by atoms with E-state index in [1.165, 1.54) is 5.56 Å². The Kier molecular flexibility index (Phi) is 3.34. The van der Waals surface area contributed by atoms with Gasteiger partial charge < -0.3 is 5.11 Å². The van der Waals surface area contributed by atoms with E-state index in [-0.39, 0.29) is 6.10 Å². The monoisotopic (exact) mass is 253 g/mol. The van der Waals surface area contributed by atoms with E-state index in [2.05, 4.69) is 36.2 Å². The summed E-state index contributed by atoms with van der Waals surface area (Å²) in [6.07, 6.45) is 5.29. The first-order valence-electron chi connectivity index (χ1n) is 6.97. The number of aliphatic hydroxyl groups is 1. The van der Waals surface area contributed by atoms with E-state index in [9.17, 15) is 5.11 Å². The Hall–Kier alpha value is -1.67. The smallest absolute Gasteiger partial charge is 0.0828 e. The van der Waals surface area contributed by atoms with Gasteiger partial charge in [-0.1, -0.05) is 37.3 Å². The molecule has 0 radical (unpaired) electrons. The van der Waals surface area contributed by atoms with Crippen LogP contribution in [0.5, 0.6) is 0 Å². The fourth-order valence-electron chi connectivity index (χ4n) is 2.90. The fraction of sp³-hybridized carbons (Fsp3) is 0.353. The average Bonchev–Trinajstić information content (AvgIpc) is 3.28. The van der Waals surface area contributed by atoms with Crippen LogP contribution in [0.1, 0.15) is 42.1 Å². The van der Waals surface area contributed by atoms with Gasteiger partial charge in [-0.25, -0.2) is 0 Å². The molecule has 0 amide bonds. The number of benzene rings is 1. The van der Waals surface area contributed by atoms with Gasteiger partial charge in [-0.05, 0) is 47.4 Å². The highest BCUT2D eigenvalue weighted by molar-refractivity contribution is 5.32. The number of aromatic nitrogens is 1. The molecule has 3 unspecified atom stereocenters. The summed E-state index contributed by atoms with van der Waals surface area (Å²) in [5, 5.41) is 10.6. The minimum Gasteiger partial charge on any atom is -0.388 e. The summed E-state index contributed by atoms with van der Waals surface area (Å²) in [6, 6.07) is 12.5. The summed E-state index contributed by atoms with van der Waals surface area (Å²) < 4.78 is 0. The highest BCUT2D eigenvalue weighted by Gasteiger charge is 2.44. The topological polar surface area (TPSA) is 33.1 Å². The molecule has 1 fully saturated rings. The van der Waals surface area contributed by atoms with Crippen molar-refractivity contribution in [2.45, 2.75) is 31.8 Å². The predicted molar refractivity (Wildman–Crippen MR) is 75.9 cm³/mol. The summed E-state index contributed by atoms with van der Waals surface area (Å²) in [5.41, 5.74) is 3.56. The molecule has 3 rings (SSSR count).